The van der Waals surface area contributed by atoms with Crippen molar-refractivity contribution < 1.29 is 13.9 Å². The van der Waals surface area contributed by atoms with Gasteiger partial charge in [0.25, 0.3) is 0 Å². The van der Waals surface area contributed by atoms with Crippen LogP contribution in [0.15, 0.2) is 65.1 Å². The lowest BCUT2D eigenvalue weighted by Crippen LogP contribution is -2.09. The SMILES string of the molecule is COc1ccc(-c2nc3cc(C)c(C)cc3o2)cc1NC(=O)/C=C/c1ccc(C(C)C)cc1. The van der Waals surface area contributed by atoms with E-state index in [4.69, 9.17) is 9.15 Å². The third kappa shape index (κ3) is 4.98. The molecule has 5 heteroatoms. The van der Waals surface area contributed by atoms with Crippen LogP contribution in [-0.2, 0) is 4.79 Å². The number of hydrogen-bond donors (Lipinski definition) is 1. The number of aromatic nitrogens is 1. The van der Waals surface area contributed by atoms with Gasteiger partial charge in [0.05, 0.1) is 12.8 Å². The number of benzene rings is 3. The summed E-state index contributed by atoms with van der Waals surface area (Å²) < 4.78 is 11.4. The van der Waals surface area contributed by atoms with Gasteiger partial charge in [0.2, 0.25) is 11.8 Å². The standard InChI is InChI=1S/C28H28N2O3/c1-17(2)21-9-6-20(7-10-21)8-13-27(31)29-24-16-22(11-12-25(24)32-5)28-30-23-14-18(3)19(4)15-26(23)33-28/h6-17H,1-5H3,(H,29,31)/b13-8+. The lowest BCUT2D eigenvalue weighted by molar-refractivity contribution is -0.111. The number of carbonyl (C=O) groups is 1. The molecule has 0 fully saturated rings. The Morgan fingerprint density at radius 2 is 1.76 bits per heavy atom. The van der Waals surface area contributed by atoms with Gasteiger partial charge in [-0.3, -0.25) is 4.79 Å². The monoisotopic (exact) mass is 440 g/mol. The molecule has 5 nitrogen and oxygen atoms in total. The van der Waals surface area contributed by atoms with Crippen LogP contribution in [0.5, 0.6) is 5.75 Å². The topological polar surface area (TPSA) is 64.4 Å². The number of oxazole rings is 1. The average Bonchev–Trinajstić information content (AvgIpc) is 3.21. The molecule has 0 atom stereocenters. The van der Waals surface area contributed by atoms with Crippen LogP contribution in [0.2, 0.25) is 0 Å². The molecule has 168 valence electrons. The zero-order chi connectivity index (χ0) is 23.5. The first-order valence-electron chi connectivity index (χ1n) is 11.0. The fourth-order valence-corrected chi connectivity index (χ4v) is 3.58. The minimum Gasteiger partial charge on any atom is -0.495 e. The second-order valence-electron chi connectivity index (χ2n) is 8.48. The lowest BCUT2D eigenvalue weighted by atomic mass is 10.0. The molecule has 4 rings (SSSR count). The number of fused-ring (bicyclic) bond motifs is 1. The van der Waals surface area contributed by atoms with Gasteiger partial charge < -0.3 is 14.5 Å². The summed E-state index contributed by atoms with van der Waals surface area (Å²) in [6, 6.07) is 17.7. The summed E-state index contributed by atoms with van der Waals surface area (Å²) in [6.45, 7) is 8.41. The van der Waals surface area contributed by atoms with Crippen molar-refractivity contribution in [3.8, 4) is 17.2 Å². The molecular formula is C28H28N2O3. The highest BCUT2D eigenvalue weighted by molar-refractivity contribution is 6.03. The molecule has 33 heavy (non-hydrogen) atoms. The quantitative estimate of drug-likeness (QED) is 0.331. The van der Waals surface area contributed by atoms with Gasteiger partial charge in [-0.15, -0.1) is 0 Å². The first-order chi connectivity index (χ1) is 15.8. The molecule has 0 aliphatic carbocycles. The fourth-order valence-electron chi connectivity index (χ4n) is 3.58. The van der Waals surface area contributed by atoms with Gasteiger partial charge in [-0.25, -0.2) is 4.98 Å². The molecule has 0 saturated heterocycles. The Labute approximate surface area is 194 Å². The van der Waals surface area contributed by atoms with Crippen LogP contribution in [0, 0.1) is 13.8 Å². The van der Waals surface area contributed by atoms with Crippen LogP contribution in [0.1, 0.15) is 42.0 Å². The van der Waals surface area contributed by atoms with E-state index in [1.807, 2.05) is 43.3 Å². The van der Waals surface area contributed by atoms with Crippen LogP contribution in [0.25, 0.3) is 28.6 Å². The van der Waals surface area contributed by atoms with Crippen molar-refractivity contribution in [3.63, 3.8) is 0 Å². The Morgan fingerprint density at radius 1 is 1.03 bits per heavy atom. The zero-order valence-corrected chi connectivity index (χ0v) is 19.6. The Hall–Kier alpha value is -3.86. The van der Waals surface area contributed by atoms with Crippen molar-refractivity contribution in [3.05, 3.63) is 82.9 Å². The normalized spacial score (nSPS) is 11.5. The Morgan fingerprint density at radius 3 is 2.45 bits per heavy atom. The molecule has 1 N–H and O–H groups in total. The van der Waals surface area contributed by atoms with Gasteiger partial charge >= 0.3 is 0 Å². The number of nitrogens with zero attached hydrogens (tertiary/aromatic N) is 1. The van der Waals surface area contributed by atoms with E-state index in [0.29, 0.717) is 23.2 Å². The summed E-state index contributed by atoms with van der Waals surface area (Å²) in [7, 11) is 1.57. The molecule has 1 aromatic heterocycles. The minimum atomic E-state index is -0.248. The number of ether oxygens (including phenoxy) is 1. The van der Waals surface area contributed by atoms with Crippen molar-refractivity contribution in [2.45, 2.75) is 33.6 Å². The van der Waals surface area contributed by atoms with Gasteiger partial charge in [0.1, 0.15) is 11.3 Å². The summed E-state index contributed by atoms with van der Waals surface area (Å²) in [4.78, 5) is 17.2. The van der Waals surface area contributed by atoms with Crippen LogP contribution in [0.3, 0.4) is 0 Å². The smallest absolute Gasteiger partial charge is 0.248 e. The average molecular weight is 441 g/mol. The van der Waals surface area contributed by atoms with E-state index in [1.54, 1.807) is 19.3 Å². The lowest BCUT2D eigenvalue weighted by Gasteiger charge is -2.10. The van der Waals surface area contributed by atoms with E-state index in [1.165, 1.54) is 11.6 Å². The maximum absolute atomic E-state index is 12.6. The molecule has 0 bridgehead atoms. The predicted octanol–water partition coefficient (Wildman–Crippen LogP) is 6.90. The van der Waals surface area contributed by atoms with E-state index in [9.17, 15) is 4.79 Å². The van der Waals surface area contributed by atoms with Crippen molar-refractivity contribution in [1.82, 2.24) is 4.98 Å². The number of amides is 1. The molecule has 4 aromatic rings. The van der Waals surface area contributed by atoms with Crippen molar-refractivity contribution in [2.24, 2.45) is 0 Å². The highest BCUT2D eigenvalue weighted by Crippen LogP contribution is 2.32. The Kier molecular flexibility index (Phi) is 6.31. The summed E-state index contributed by atoms with van der Waals surface area (Å²) in [5, 5.41) is 2.90. The molecule has 0 radical (unpaired) electrons. The summed E-state index contributed by atoms with van der Waals surface area (Å²) >= 11 is 0. The van der Waals surface area contributed by atoms with E-state index in [2.05, 4.69) is 43.2 Å². The van der Waals surface area contributed by atoms with Gasteiger partial charge in [-0.1, -0.05) is 38.1 Å². The number of nitrogens with one attached hydrogen (secondary N) is 1. The van der Waals surface area contributed by atoms with Crippen molar-refractivity contribution in [2.75, 3.05) is 12.4 Å². The molecule has 0 aliphatic rings. The summed E-state index contributed by atoms with van der Waals surface area (Å²) in [5.41, 5.74) is 7.39. The summed E-state index contributed by atoms with van der Waals surface area (Å²) in [5.74, 6) is 1.28. The number of anilines is 1. The molecule has 0 saturated carbocycles. The highest BCUT2D eigenvalue weighted by atomic mass is 16.5. The number of carbonyl (C=O) groups excluding carboxylic acids is 1. The third-order valence-corrected chi connectivity index (χ3v) is 5.74. The maximum Gasteiger partial charge on any atom is 0.248 e. The highest BCUT2D eigenvalue weighted by Gasteiger charge is 2.13. The van der Waals surface area contributed by atoms with Gasteiger partial charge in [0.15, 0.2) is 5.58 Å². The maximum atomic E-state index is 12.6. The predicted molar refractivity (Wildman–Crippen MR) is 134 cm³/mol. The Balaban J connectivity index is 1.56. The minimum absolute atomic E-state index is 0.248. The first-order valence-corrected chi connectivity index (χ1v) is 11.0. The number of rotatable bonds is 6. The van der Waals surface area contributed by atoms with Crippen LogP contribution >= 0.6 is 0 Å². The molecule has 1 amide bonds. The van der Waals surface area contributed by atoms with Gasteiger partial charge in [-0.05, 0) is 78.4 Å². The fraction of sp³-hybridized carbons (Fsp3) is 0.214. The largest absolute Gasteiger partial charge is 0.495 e. The number of aryl methyl sites for hydroxylation is 2. The second kappa shape index (κ2) is 9.33. The van der Waals surface area contributed by atoms with Gasteiger partial charge in [-0.2, -0.15) is 0 Å². The van der Waals surface area contributed by atoms with E-state index in [0.717, 1.165) is 33.4 Å². The van der Waals surface area contributed by atoms with Gasteiger partial charge in [0, 0.05) is 11.6 Å². The molecule has 3 aromatic carbocycles. The third-order valence-electron chi connectivity index (χ3n) is 5.74. The number of methoxy groups -OCH3 is 1. The van der Waals surface area contributed by atoms with Crippen LogP contribution in [-0.4, -0.2) is 18.0 Å². The van der Waals surface area contributed by atoms with E-state index >= 15 is 0 Å². The van der Waals surface area contributed by atoms with Crippen molar-refractivity contribution in [1.29, 1.82) is 0 Å². The van der Waals surface area contributed by atoms with E-state index < -0.39 is 0 Å². The molecule has 0 unspecified atom stereocenters. The molecular weight excluding hydrogens is 412 g/mol. The molecule has 0 spiro atoms. The summed E-state index contributed by atoms with van der Waals surface area (Å²) in [6.07, 6.45) is 3.31. The Bertz CT molecular complexity index is 1290. The van der Waals surface area contributed by atoms with Crippen molar-refractivity contribution >= 4 is 28.8 Å². The van der Waals surface area contributed by atoms with Crippen LogP contribution < -0.4 is 10.1 Å². The number of hydrogen-bond acceptors (Lipinski definition) is 4. The second-order valence-corrected chi connectivity index (χ2v) is 8.48. The van der Waals surface area contributed by atoms with E-state index in [-0.39, 0.29) is 5.91 Å². The molecule has 1 heterocycles. The van der Waals surface area contributed by atoms with Crippen LogP contribution in [0.4, 0.5) is 5.69 Å². The molecule has 0 aliphatic heterocycles. The first kappa shape index (κ1) is 22.3. The zero-order valence-electron chi connectivity index (χ0n) is 19.6.